The number of nitrogens with zero attached hydrogens (tertiary/aromatic N) is 4. The number of aryl methyl sites for hydroxylation is 1. The molecule has 0 aliphatic heterocycles. The monoisotopic (exact) mass is 440 g/mol. The molecule has 4 aromatic rings. The summed E-state index contributed by atoms with van der Waals surface area (Å²) in [6.45, 7) is 2.40. The van der Waals surface area contributed by atoms with Gasteiger partial charge in [-0.3, -0.25) is 4.90 Å². The Hall–Kier alpha value is -4.46. The topological polar surface area (TPSA) is 106 Å². The molecule has 8 heteroatoms. The van der Waals surface area contributed by atoms with E-state index < -0.39 is 6.03 Å². The van der Waals surface area contributed by atoms with Crippen molar-refractivity contribution in [2.75, 3.05) is 17.3 Å². The number of anilines is 2. The predicted octanol–water partition coefficient (Wildman–Crippen LogP) is 4.77. The van der Waals surface area contributed by atoms with Gasteiger partial charge in [-0.1, -0.05) is 29.8 Å². The maximum atomic E-state index is 12.1. The molecule has 2 heterocycles. The third kappa shape index (κ3) is 5.24. The number of aromatic nitrogens is 3. The lowest BCUT2D eigenvalue weighted by molar-refractivity contribution is 0.253. The summed E-state index contributed by atoms with van der Waals surface area (Å²) < 4.78 is 6.04. The Kier molecular flexibility index (Phi) is 6.45. The van der Waals surface area contributed by atoms with E-state index in [1.807, 2.05) is 43.3 Å². The Morgan fingerprint density at radius 2 is 1.76 bits per heavy atom. The van der Waals surface area contributed by atoms with Crippen molar-refractivity contribution < 1.29 is 9.53 Å². The van der Waals surface area contributed by atoms with Crippen LogP contribution in [0.5, 0.6) is 11.6 Å². The molecule has 0 saturated carbocycles. The van der Waals surface area contributed by atoms with Crippen LogP contribution in [0.2, 0.25) is 0 Å². The third-order valence-electron chi connectivity index (χ3n) is 5.02. The average Bonchev–Trinajstić information content (AvgIpc) is 2.84. The molecule has 0 aliphatic carbocycles. The van der Waals surface area contributed by atoms with E-state index in [4.69, 9.17) is 10.5 Å². The summed E-state index contributed by atoms with van der Waals surface area (Å²) in [6.07, 6.45) is 3.33. The Balaban J connectivity index is 1.55. The van der Waals surface area contributed by atoms with Gasteiger partial charge in [-0.05, 0) is 55.0 Å². The van der Waals surface area contributed by atoms with E-state index in [0.717, 1.165) is 16.7 Å². The smallest absolute Gasteiger partial charge is 0.319 e. The van der Waals surface area contributed by atoms with Gasteiger partial charge in [0.05, 0.1) is 17.8 Å². The molecule has 33 heavy (non-hydrogen) atoms. The van der Waals surface area contributed by atoms with E-state index in [-0.39, 0.29) is 0 Å². The SMILES string of the molecule is CNc1nccc(-c2cccnc2Oc2ccc(N(Cc3ccc(C)cc3)C(N)=O)cc2)n1. The number of amides is 2. The quantitative estimate of drug-likeness (QED) is 0.429. The highest BCUT2D eigenvalue weighted by Gasteiger charge is 2.15. The van der Waals surface area contributed by atoms with Gasteiger partial charge in [-0.25, -0.2) is 19.7 Å². The summed E-state index contributed by atoms with van der Waals surface area (Å²) in [5, 5.41) is 2.93. The second kappa shape index (κ2) is 9.78. The van der Waals surface area contributed by atoms with Crippen molar-refractivity contribution in [3.8, 4) is 22.9 Å². The lowest BCUT2D eigenvalue weighted by Crippen LogP contribution is -2.35. The van der Waals surface area contributed by atoms with Gasteiger partial charge in [0.25, 0.3) is 0 Å². The molecule has 0 saturated heterocycles. The first kappa shape index (κ1) is 21.8. The molecule has 0 fully saturated rings. The summed E-state index contributed by atoms with van der Waals surface area (Å²) in [6, 6.07) is 20.1. The van der Waals surface area contributed by atoms with E-state index in [9.17, 15) is 4.79 Å². The van der Waals surface area contributed by atoms with Gasteiger partial charge in [0.1, 0.15) is 5.75 Å². The molecule has 0 unspecified atom stereocenters. The Morgan fingerprint density at radius 1 is 1.00 bits per heavy atom. The van der Waals surface area contributed by atoms with Gasteiger partial charge >= 0.3 is 6.03 Å². The van der Waals surface area contributed by atoms with E-state index in [1.165, 1.54) is 4.90 Å². The van der Waals surface area contributed by atoms with Crippen LogP contribution in [0, 0.1) is 6.92 Å². The molecular weight excluding hydrogens is 416 g/mol. The normalized spacial score (nSPS) is 10.5. The van der Waals surface area contributed by atoms with E-state index >= 15 is 0 Å². The van der Waals surface area contributed by atoms with Gasteiger partial charge in [0, 0.05) is 25.1 Å². The van der Waals surface area contributed by atoms with Gasteiger partial charge < -0.3 is 15.8 Å². The molecule has 8 nitrogen and oxygen atoms in total. The van der Waals surface area contributed by atoms with Crippen LogP contribution >= 0.6 is 0 Å². The molecule has 166 valence electrons. The largest absolute Gasteiger partial charge is 0.438 e. The highest BCUT2D eigenvalue weighted by atomic mass is 16.5. The summed E-state index contributed by atoms with van der Waals surface area (Å²) in [4.78, 5) is 26.6. The minimum absolute atomic E-state index is 0.377. The fourth-order valence-corrected chi connectivity index (χ4v) is 3.27. The standard InChI is InChI=1S/C25H24N6O2/c1-17-5-7-18(8-6-17)16-31(24(26)32)19-9-11-20(12-10-19)33-23-21(4-3-14-28-23)22-13-15-29-25(27-2)30-22/h3-15H,16H2,1-2H3,(H2,26,32)(H,27,29,30). The number of carbonyl (C=O) groups excluding carboxylic acids is 1. The lowest BCUT2D eigenvalue weighted by atomic mass is 10.1. The maximum absolute atomic E-state index is 12.1. The number of nitrogens with one attached hydrogen (secondary N) is 1. The fourth-order valence-electron chi connectivity index (χ4n) is 3.27. The molecule has 2 amide bonds. The Bertz CT molecular complexity index is 1240. The molecule has 0 bridgehead atoms. The Labute approximate surface area is 192 Å². The highest BCUT2D eigenvalue weighted by molar-refractivity contribution is 5.90. The first-order valence-electron chi connectivity index (χ1n) is 10.4. The zero-order valence-electron chi connectivity index (χ0n) is 18.4. The number of hydrogen-bond donors (Lipinski definition) is 2. The predicted molar refractivity (Wildman–Crippen MR) is 128 cm³/mol. The fraction of sp³-hybridized carbons (Fsp3) is 0.120. The average molecular weight is 441 g/mol. The summed E-state index contributed by atoms with van der Waals surface area (Å²) in [5.41, 5.74) is 9.88. The highest BCUT2D eigenvalue weighted by Crippen LogP contribution is 2.31. The molecular formula is C25H24N6O2. The number of hydrogen-bond acceptors (Lipinski definition) is 6. The van der Waals surface area contributed by atoms with Gasteiger partial charge in [0.15, 0.2) is 0 Å². The minimum atomic E-state index is -0.527. The van der Waals surface area contributed by atoms with E-state index in [1.54, 1.807) is 49.8 Å². The number of urea groups is 1. The summed E-state index contributed by atoms with van der Waals surface area (Å²) in [7, 11) is 1.76. The zero-order valence-corrected chi connectivity index (χ0v) is 18.4. The van der Waals surface area contributed by atoms with Crippen molar-refractivity contribution in [1.82, 2.24) is 15.0 Å². The number of rotatable bonds is 7. The van der Waals surface area contributed by atoms with Gasteiger partial charge in [0.2, 0.25) is 11.8 Å². The number of nitrogens with two attached hydrogens (primary N) is 1. The van der Waals surface area contributed by atoms with Crippen LogP contribution in [0.15, 0.2) is 79.1 Å². The number of ether oxygens (including phenoxy) is 1. The van der Waals surface area contributed by atoms with Crippen molar-refractivity contribution >= 4 is 17.7 Å². The van der Waals surface area contributed by atoms with Crippen LogP contribution in [0.3, 0.4) is 0 Å². The van der Waals surface area contributed by atoms with Crippen LogP contribution < -0.4 is 20.7 Å². The molecule has 2 aromatic heterocycles. The molecule has 4 rings (SSSR count). The minimum Gasteiger partial charge on any atom is -0.438 e. The van der Waals surface area contributed by atoms with E-state index in [0.29, 0.717) is 35.5 Å². The second-order valence-electron chi connectivity index (χ2n) is 7.38. The molecule has 0 atom stereocenters. The third-order valence-corrected chi connectivity index (χ3v) is 5.02. The lowest BCUT2D eigenvalue weighted by Gasteiger charge is -2.21. The van der Waals surface area contributed by atoms with Crippen molar-refractivity contribution in [2.45, 2.75) is 13.5 Å². The van der Waals surface area contributed by atoms with E-state index in [2.05, 4.69) is 20.3 Å². The van der Waals surface area contributed by atoms with Gasteiger partial charge in [-0.2, -0.15) is 0 Å². The molecule has 0 aliphatic rings. The maximum Gasteiger partial charge on any atom is 0.319 e. The van der Waals surface area contributed by atoms with Crippen molar-refractivity contribution in [3.63, 3.8) is 0 Å². The Morgan fingerprint density at radius 3 is 2.45 bits per heavy atom. The van der Waals surface area contributed by atoms with Crippen molar-refractivity contribution in [1.29, 1.82) is 0 Å². The first-order chi connectivity index (χ1) is 16.0. The molecule has 0 radical (unpaired) electrons. The number of primary amides is 1. The zero-order chi connectivity index (χ0) is 23.2. The number of pyridine rings is 1. The van der Waals surface area contributed by atoms with Crippen LogP contribution in [0.25, 0.3) is 11.3 Å². The van der Waals surface area contributed by atoms with Crippen LogP contribution in [0.1, 0.15) is 11.1 Å². The molecule has 3 N–H and O–H groups in total. The van der Waals surface area contributed by atoms with Crippen LogP contribution in [-0.2, 0) is 6.54 Å². The van der Waals surface area contributed by atoms with Crippen LogP contribution in [0.4, 0.5) is 16.4 Å². The second-order valence-corrected chi connectivity index (χ2v) is 7.38. The summed E-state index contributed by atoms with van der Waals surface area (Å²) >= 11 is 0. The van der Waals surface area contributed by atoms with Gasteiger partial charge in [-0.15, -0.1) is 0 Å². The molecule has 2 aromatic carbocycles. The number of carbonyl (C=O) groups is 1. The van der Waals surface area contributed by atoms with Crippen LogP contribution in [-0.4, -0.2) is 28.0 Å². The molecule has 0 spiro atoms. The van der Waals surface area contributed by atoms with Crippen molar-refractivity contribution in [2.24, 2.45) is 5.73 Å². The van der Waals surface area contributed by atoms with Crippen molar-refractivity contribution in [3.05, 3.63) is 90.3 Å². The number of benzene rings is 2. The first-order valence-corrected chi connectivity index (χ1v) is 10.4. The summed E-state index contributed by atoms with van der Waals surface area (Å²) in [5.74, 6) is 1.49.